The minimum Gasteiger partial charge on any atom is -0.344 e. The molecule has 0 spiro atoms. The van der Waals surface area contributed by atoms with Crippen LogP contribution in [0.1, 0.15) is 13.8 Å². The van der Waals surface area contributed by atoms with Gasteiger partial charge in [0.2, 0.25) is 5.91 Å². The summed E-state index contributed by atoms with van der Waals surface area (Å²) < 4.78 is 0. The van der Waals surface area contributed by atoms with E-state index in [1.54, 1.807) is 16.7 Å². The zero-order valence-electron chi connectivity index (χ0n) is 8.96. The molecule has 0 aromatic rings. The van der Waals surface area contributed by atoms with Gasteiger partial charge in [-0.05, 0) is 6.26 Å². The molecule has 1 N–H and O–H groups in total. The number of hydrogen-bond acceptors (Lipinski definition) is 3. The summed E-state index contributed by atoms with van der Waals surface area (Å²) in [6.07, 6.45) is 2.05. The molecule has 0 fully saturated rings. The molecule has 0 aromatic carbocycles. The molecular weight excluding hydrogens is 184 g/mol. The van der Waals surface area contributed by atoms with Gasteiger partial charge in [-0.2, -0.15) is 11.8 Å². The Morgan fingerprint density at radius 1 is 1.54 bits per heavy atom. The Labute approximate surface area is 85.3 Å². The van der Waals surface area contributed by atoms with E-state index in [1.807, 2.05) is 27.2 Å². The molecule has 0 unspecified atom stereocenters. The van der Waals surface area contributed by atoms with Crippen LogP contribution >= 0.6 is 11.8 Å². The molecule has 0 aliphatic rings. The van der Waals surface area contributed by atoms with Crippen LogP contribution in [0.25, 0.3) is 0 Å². The topological polar surface area (TPSA) is 32.3 Å². The molecule has 0 aliphatic heterocycles. The Balaban J connectivity index is 3.57. The van der Waals surface area contributed by atoms with Crippen LogP contribution in [0.4, 0.5) is 0 Å². The summed E-state index contributed by atoms with van der Waals surface area (Å²) in [5.41, 5.74) is 0. The van der Waals surface area contributed by atoms with Crippen LogP contribution in [-0.4, -0.2) is 49.0 Å². The molecule has 0 aliphatic carbocycles. The SMILES string of the molecule is CSCCN(C)C(=O)CNC(C)C. The summed E-state index contributed by atoms with van der Waals surface area (Å²) in [4.78, 5) is 13.2. The van der Waals surface area contributed by atoms with E-state index >= 15 is 0 Å². The fourth-order valence-corrected chi connectivity index (χ4v) is 1.24. The van der Waals surface area contributed by atoms with E-state index in [2.05, 4.69) is 5.32 Å². The lowest BCUT2D eigenvalue weighted by atomic mass is 10.4. The van der Waals surface area contributed by atoms with Crippen LogP contribution < -0.4 is 5.32 Å². The summed E-state index contributed by atoms with van der Waals surface area (Å²) in [6, 6.07) is 0.373. The van der Waals surface area contributed by atoms with Gasteiger partial charge < -0.3 is 10.2 Å². The highest BCUT2D eigenvalue weighted by molar-refractivity contribution is 7.98. The van der Waals surface area contributed by atoms with Gasteiger partial charge in [-0.15, -0.1) is 0 Å². The molecule has 0 bridgehead atoms. The average molecular weight is 204 g/mol. The fraction of sp³-hybridized carbons (Fsp3) is 0.889. The van der Waals surface area contributed by atoms with E-state index in [4.69, 9.17) is 0 Å². The number of hydrogen-bond donors (Lipinski definition) is 1. The number of rotatable bonds is 6. The third-order valence-electron chi connectivity index (χ3n) is 1.72. The maximum absolute atomic E-state index is 11.4. The molecule has 13 heavy (non-hydrogen) atoms. The van der Waals surface area contributed by atoms with Gasteiger partial charge in [0.25, 0.3) is 0 Å². The number of thioether (sulfide) groups is 1. The van der Waals surface area contributed by atoms with Crippen LogP contribution in [0.3, 0.4) is 0 Å². The molecule has 0 radical (unpaired) electrons. The predicted molar refractivity (Wildman–Crippen MR) is 59.2 cm³/mol. The first kappa shape index (κ1) is 12.8. The Morgan fingerprint density at radius 3 is 2.62 bits per heavy atom. The molecule has 0 atom stereocenters. The molecule has 0 aromatic heterocycles. The Hall–Kier alpha value is -0.220. The van der Waals surface area contributed by atoms with Crippen molar-refractivity contribution in [3.8, 4) is 0 Å². The molecule has 0 saturated carbocycles. The van der Waals surface area contributed by atoms with Crippen LogP contribution in [0.5, 0.6) is 0 Å². The third-order valence-corrected chi connectivity index (χ3v) is 2.31. The largest absolute Gasteiger partial charge is 0.344 e. The number of likely N-dealkylation sites (N-methyl/N-ethyl adjacent to an activating group) is 1. The number of amides is 1. The smallest absolute Gasteiger partial charge is 0.236 e. The number of nitrogens with one attached hydrogen (secondary N) is 1. The average Bonchev–Trinajstić information content (AvgIpc) is 2.10. The second-order valence-electron chi connectivity index (χ2n) is 3.34. The summed E-state index contributed by atoms with van der Waals surface area (Å²) >= 11 is 1.76. The van der Waals surface area contributed by atoms with Gasteiger partial charge in [0.05, 0.1) is 6.54 Å². The lowest BCUT2D eigenvalue weighted by Gasteiger charge is -2.17. The van der Waals surface area contributed by atoms with Crippen molar-refractivity contribution in [2.24, 2.45) is 0 Å². The third kappa shape index (κ3) is 6.90. The van der Waals surface area contributed by atoms with Crippen molar-refractivity contribution in [2.45, 2.75) is 19.9 Å². The van der Waals surface area contributed by atoms with E-state index in [9.17, 15) is 4.79 Å². The molecule has 3 nitrogen and oxygen atoms in total. The maximum Gasteiger partial charge on any atom is 0.236 e. The quantitative estimate of drug-likeness (QED) is 0.695. The van der Waals surface area contributed by atoms with Gasteiger partial charge in [0.1, 0.15) is 0 Å². The van der Waals surface area contributed by atoms with Gasteiger partial charge >= 0.3 is 0 Å². The molecule has 0 saturated heterocycles. The summed E-state index contributed by atoms with van der Waals surface area (Å²) in [5, 5.41) is 3.10. The minimum atomic E-state index is 0.169. The zero-order valence-corrected chi connectivity index (χ0v) is 9.78. The molecule has 1 amide bonds. The van der Waals surface area contributed by atoms with E-state index in [1.165, 1.54) is 0 Å². The Bertz CT molecular complexity index is 151. The zero-order chi connectivity index (χ0) is 10.3. The summed E-state index contributed by atoms with van der Waals surface area (Å²) in [6.45, 7) is 5.35. The first-order valence-corrected chi connectivity index (χ1v) is 5.93. The van der Waals surface area contributed by atoms with Gasteiger partial charge in [-0.1, -0.05) is 13.8 Å². The van der Waals surface area contributed by atoms with Gasteiger partial charge in [0.15, 0.2) is 0 Å². The molecule has 4 heteroatoms. The van der Waals surface area contributed by atoms with Crippen molar-refractivity contribution in [2.75, 3.05) is 32.1 Å². The second-order valence-corrected chi connectivity index (χ2v) is 4.33. The monoisotopic (exact) mass is 204 g/mol. The highest BCUT2D eigenvalue weighted by atomic mass is 32.2. The van der Waals surface area contributed by atoms with Crippen LogP contribution in [0.2, 0.25) is 0 Å². The Morgan fingerprint density at radius 2 is 2.15 bits per heavy atom. The van der Waals surface area contributed by atoms with Gasteiger partial charge in [0, 0.05) is 25.4 Å². The summed E-state index contributed by atoms with van der Waals surface area (Å²) in [5.74, 6) is 1.17. The maximum atomic E-state index is 11.4. The number of carbonyl (C=O) groups excluding carboxylic acids is 1. The van der Waals surface area contributed by atoms with Crippen molar-refractivity contribution in [1.29, 1.82) is 0 Å². The van der Waals surface area contributed by atoms with E-state index in [0.29, 0.717) is 12.6 Å². The van der Waals surface area contributed by atoms with Crippen molar-refractivity contribution < 1.29 is 4.79 Å². The minimum absolute atomic E-state index is 0.169. The van der Waals surface area contributed by atoms with Crippen molar-refractivity contribution >= 4 is 17.7 Å². The van der Waals surface area contributed by atoms with Crippen molar-refractivity contribution in [1.82, 2.24) is 10.2 Å². The first-order valence-electron chi connectivity index (χ1n) is 4.54. The van der Waals surface area contributed by atoms with E-state index in [0.717, 1.165) is 12.3 Å². The van der Waals surface area contributed by atoms with Crippen LogP contribution in [0, 0.1) is 0 Å². The van der Waals surface area contributed by atoms with E-state index in [-0.39, 0.29) is 5.91 Å². The van der Waals surface area contributed by atoms with E-state index < -0.39 is 0 Å². The lowest BCUT2D eigenvalue weighted by Crippen LogP contribution is -2.39. The van der Waals surface area contributed by atoms with Gasteiger partial charge in [-0.25, -0.2) is 0 Å². The molecule has 0 rings (SSSR count). The first-order chi connectivity index (χ1) is 6.07. The van der Waals surface area contributed by atoms with Crippen molar-refractivity contribution in [3.05, 3.63) is 0 Å². The standard InChI is InChI=1S/C9H20N2OS/c1-8(2)10-7-9(12)11(3)5-6-13-4/h8,10H,5-7H2,1-4H3. The predicted octanol–water partition coefficient (Wildman–Crippen LogP) is 0.806. The highest BCUT2D eigenvalue weighted by Gasteiger charge is 2.07. The van der Waals surface area contributed by atoms with Crippen LogP contribution in [0.15, 0.2) is 0 Å². The summed E-state index contributed by atoms with van der Waals surface area (Å²) in [7, 11) is 1.85. The lowest BCUT2D eigenvalue weighted by molar-refractivity contribution is -0.128. The molecule has 78 valence electrons. The molecule has 0 heterocycles. The number of carbonyl (C=O) groups is 1. The second kappa shape index (κ2) is 7.21. The fourth-order valence-electron chi connectivity index (χ4n) is 0.779. The van der Waals surface area contributed by atoms with Crippen LogP contribution in [-0.2, 0) is 4.79 Å². The molecular formula is C9H20N2OS. The Kier molecular flexibility index (Phi) is 7.09. The van der Waals surface area contributed by atoms with Crippen molar-refractivity contribution in [3.63, 3.8) is 0 Å². The number of nitrogens with zero attached hydrogens (tertiary/aromatic N) is 1. The van der Waals surface area contributed by atoms with Gasteiger partial charge in [-0.3, -0.25) is 4.79 Å². The highest BCUT2D eigenvalue weighted by Crippen LogP contribution is 1.93. The normalized spacial score (nSPS) is 10.5.